The SMILES string of the molecule is O=C(Nc1cc(N=Cc2ccccc2)c(Cl)cc1Cl)c1ccc(Cl)cc1. The van der Waals surface area contributed by atoms with Gasteiger partial charge < -0.3 is 5.32 Å². The molecule has 3 rings (SSSR count). The fourth-order valence-corrected chi connectivity index (χ4v) is 2.82. The largest absolute Gasteiger partial charge is 0.321 e. The number of aliphatic imine (C=N–C) groups is 1. The van der Waals surface area contributed by atoms with Crippen molar-refractivity contribution in [1.29, 1.82) is 0 Å². The first kappa shape index (κ1) is 18.5. The summed E-state index contributed by atoms with van der Waals surface area (Å²) in [5.74, 6) is -0.302. The highest BCUT2D eigenvalue weighted by Crippen LogP contribution is 2.34. The van der Waals surface area contributed by atoms with E-state index in [4.69, 9.17) is 34.8 Å². The number of carbonyl (C=O) groups is 1. The van der Waals surface area contributed by atoms with Gasteiger partial charge in [-0.05, 0) is 42.0 Å². The first-order valence-corrected chi connectivity index (χ1v) is 8.81. The van der Waals surface area contributed by atoms with Crippen molar-refractivity contribution in [2.75, 3.05) is 5.32 Å². The minimum absolute atomic E-state index is 0.302. The van der Waals surface area contributed by atoms with E-state index in [1.165, 1.54) is 0 Å². The number of halogens is 3. The molecule has 0 atom stereocenters. The lowest BCUT2D eigenvalue weighted by Crippen LogP contribution is -2.12. The van der Waals surface area contributed by atoms with Crippen LogP contribution in [0.25, 0.3) is 0 Å². The van der Waals surface area contributed by atoms with Crippen molar-refractivity contribution >= 4 is 58.3 Å². The van der Waals surface area contributed by atoms with Crippen molar-refractivity contribution in [1.82, 2.24) is 0 Å². The normalized spacial score (nSPS) is 10.9. The van der Waals surface area contributed by atoms with Crippen LogP contribution < -0.4 is 5.32 Å². The molecule has 0 spiro atoms. The van der Waals surface area contributed by atoms with Crippen LogP contribution >= 0.6 is 34.8 Å². The summed E-state index contributed by atoms with van der Waals surface area (Å²) < 4.78 is 0. The quantitative estimate of drug-likeness (QED) is 0.487. The van der Waals surface area contributed by atoms with Crippen LogP contribution in [0.2, 0.25) is 15.1 Å². The topological polar surface area (TPSA) is 41.5 Å². The van der Waals surface area contributed by atoms with E-state index in [0.29, 0.717) is 32.0 Å². The molecule has 0 heterocycles. The Morgan fingerprint density at radius 1 is 0.885 bits per heavy atom. The Balaban J connectivity index is 1.84. The van der Waals surface area contributed by atoms with E-state index >= 15 is 0 Å². The molecule has 0 saturated carbocycles. The molecule has 0 aliphatic rings. The van der Waals surface area contributed by atoms with Gasteiger partial charge in [-0.15, -0.1) is 0 Å². The zero-order valence-corrected chi connectivity index (χ0v) is 15.7. The van der Waals surface area contributed by atoms with E-state index in [1.54, 1.807) is 42.6 Å². The Bertz CT molecular complexity index is 955. The highest BCUT2D eigenvalue weighted by molar-refractivity contribution is 6.38. The number of nitrogens with zero attached hydrogens (tertiary/aromatic N) is 1. The molecule has 0 saturated heterocycles. The monoisotopic (exact) mass is 402 g/mol. The van der Waals surface area contributed by atoms with E-state index in [0.717, 1.165) is 5.56 Å². The van der Waals surface area contributed by atoms with Gasteiger partial charge in [-0.1, -0.05) is 65.1 Å². The van der Waals surface area contributed by atoms with Gasteiger partial charge in [0, 0.05) is 16.8 Å². The molecule has 1 amide bonds. The molecule has 1 N–H and O–H groups in total. The zero-order chi connectivity index (χ0) is 18.5. The molecule has 0 radical (unpaired) electrons. The molecule has 6 heteroatoms. The summed E-state index contributed by atoms with van der Waals surface area (Å²) >= 11 is 18.3. The third kappa shape index (κ3) is 4.64. The Hall–Kier alpha value is -2.33. The maximum absolute atomic E-state index is 12.4. The highest BCUT2D eigenvalue weighted by Gasteiger charge is 2.11. The molecule has 0 aliphatic carbocycles. The molecule has 0 fully saturated rings. The number of anilines is 1. The van der Waals surface area contributed by atoms with Crippen molar-refractivity contribution in [3.05, 3.63) is 92.9 Å². The number of rotatable bonds is 4. The average molecular weight is 404 g/mol. The molecular weight excluding hydrogens is 391 g/mol. The molecule has 26 heavy (non-hydrogen) atoms. The smallest absolute Gasteiger partial charge is 0.255 e. The standard InChI is InChI=1S/C20H13Cl3N2O/c21-15-8-6-14(7-9-15)20(26)25-19-11-18(16(22)10-17(19)23)24-12-13-4-2-1-3-5-13/h1-12H,(H,25,26). The minimum atomic E-state index is -0.302. The summed E-state index contributed by atoms with van der Waals surface area (Å²) in [7, 11) is 0. The summed E-state index contributed by atoms with van der Waals surface area (Å²) in [6.45, 7) is 0. The second kappa shape index (κ2) is 8.37. The van der Waals surface area contributed by atoms with E-state index in [-0.39, 0.29) is 5.91 Å². The third-order valence-electron chi connectivity index (χ3n) is 3.54. The Kier molecular flexibility index (Phi) is 5.94. The predicted octanol–water partition coefficient (Wildman–Crippen LogP) is 6.65. The van der Waals surface area contributed by atoms with Gasteiger partial charge in [-0.2, -0.15) is 0 Å². The van der Waals surface area contributed by atoms with Crippen LogP contribution in [0.1, 0.15) is 15.9 Å². The number of carbonyl (C=O) groups excluding carboxylic acids is 1. The van der Waals surface area contributed by atoms with Crippen LogP contribution in [0.4, 0.5) is 11.4 Å². The molecule has 130 valence electrons. The summed E-state index contributed by atoms with van der Waals surface area (Å²) in [6, 6.07) is 19.4. The number of nitrogens with one attached hydrogen (secondary N) is 1. The predicted molar refractivity (Wildman–Crippen MR) is 110 cm³/mol. The van der Waals surface area contributed by atoms with Gasteiger partial charge in [0.2, 0.25) is 0 Å². The van der Waals surface area contributed by atoms with E-state index in [2.05, 4.69) is 10.3 Å². The van der Waals surface area contributed by atoms with Crippen molar-refractivity contribution < 1.29 is 4.79 Å². The number of amides is 1. The van der Waals surface area contributed by atoms with Crippen LogP contribution in [-0.4, -0.2) is 12.1 Å². The highest BCUT2D eigenvalue weighted by atomic mass is 35.5. The zero-order valence-electron chi connectivity index (χ0n) is 13.4. The molecule has 0 unspecified atom stereocenters. The molecule has 3 aromatic carbocycles. The average Bonchev–Trinajstić information content (AvgIpc) is 2.64. The molecular formula is C20H13Cl3N2O. The van der Waals surface area contributed by atoms with Crippen molar-refractivity contribution in [2.24, 2.45) is 4.99 Å². The van der Waals surface area contributed by atoms with Gasteiger partial charge >= 0.3 is 0 Å². The number of hydrogen-bond donors (Lipinski definition) is 1. The van der Waals surface area contributed by atoms with Gasteiger partial charge in [-0.3, -0.25) is 9.79 Å². The van der Waals surface area contributed by atoms with Crippen LogP contribution in [0.5, 0.6) is 0 Å². The molecule has 0 bridgehead atoms. The Morgan fingerprint density at radius 3 is 2.27 bits per heavy atom. The van der Waals surface area contributed by atoms with E-state index < -0.39 is 0 Å². The summed E-state index contributed by atoms with van der Waals surface area (Å²) in [6.07, 6.45) is 1.69. The second-order valence-corrected chi connectivity index (χ2v) is 6.66. The van der Waals surface area contributed by atoms with Gasteiger partial charge in [0.25, 0.3) is 5.91 Å². The lowest BCUT2D eigenvalue weighted by molar-refractivity contribution is 0.102. The third-order valence-corrected chi connectivity index (χ3v) is 4.41. The van der Waals surface area contributed by atoms with Gasteiger partial charge in [0.15, 0.2) is 0 Å². The van der Waals surface area contributed by atoms with Crippen LogP contribution in [0.15, 0.2) is 71.7 Å². The lowest BCUT2D eigenvalue weighted by atomic mass is 10.2. The first-order valence-electron chi connectivity index (χ1n) is 7.68. The minimum Gasteiger partial charge on any atom is -0.321 e. The van der Waals surface area contributed by atoms with Crippen LogP contribution in [0, 0.1) is 0 Å². The van der Waals surface area contributed by atoms with Crippen molar-refractivity contribution in [3.63, 3.8) is 0 Å². The van der Waals surface area contributed by atoms with Crippen molar-refractivity contribution in [3.8, 4) is 0 Å². The first-order chi connectivity index (χ1) is 12.5. The summed E-state index contributed by atoms with van der Waals surface area (Å²) in [5.41, 5.74) is 2.34. The van der Waals surface area contributed by atoms with Crippen LogP contribution in [-0.2, 0) is 0 Å². The van der Waals surface area contributed by atoms with Gasteiger partial charge in [0.05, 0.1) is 21.4 Å². The molecule has 3 aromatic rings. The fraction of sp³-hybridized carbons (Fsp3) is 0. The van der Waals surface area contributed by atoms with Crippen LogP contribution in [0.3, 0.4) is 0 Å². The molecule has 0 aromatic heterocycles. The second-order valence-electron chi connectivity index (χ2n) is 5.41. The Labute approximate surface area is 166 Å². The number of hydrogen-bond acceptors (Lipinski definition) is 2. The number of benzene rings is 3. The fourth-order valence-electron chi connectivity index (χ4n) is 2.21. The maximum atomic E-state index is 12.4. The lowest BCUT2D eigenvalue weighted by Gasteiger charge is -2.09. The van der Waals surface area contributed by atoms with Gasteiger partial charge in [0.1, 0.15) is 0 Å². The van der Waals surface area contributed by atoms with Gasteiger partial charge in [-0.25, -0.2) is 0 Å². The van der Waals surface area contributed by atoms with E-state index in [9.17, 15) is 4.79 Å². The molecule has 0 aliphatic heterocycles. The summed E-state index contributed by atoms with van der Waals surface area (Å²) in [4.78, 5) is 16.8. The van der Waals surface area contributed by atoms with E-state index in [1.807, 2.05) is 30.3 Å². The maximum Gasteiger partial charge on any atom is 0.255 e. The Morgan fingerprint density at radius 2 is 1.58 bits per heavy atom. The summed E-state index contributed by atoms with van der Waals surface area (Å²) in [5, 5.41) is 4.05. The van der Waals surface area contributed by atoms with Crippen molar-refractivity contribution in [2.45, 2.75) is 0 Å². The molecule has 3 nitrogen and oxygen atoms in total.